The summed E-state index contributed by atoms with van der Waals surface area (Å²) < 4.78 is 0. The second-order valence-corrected chi connectivity index (χ2v) is 4.95. The smallest absolute Gasteiger partial charge is 0.245 e. The Morgan fingerprint density at radius 3 is 2.38 bits per heavy atom. The quantitative estimate of drug-likeness (QED) is 0.785. The van der Waals surface area contributed by atoms with Gasteiger partial charge in [-0.3, -0.25) is 9.59 Å². The van der Waals surface area contributed by atoms with Crippen molar-refractivity contribution in [2.24, 2.45) is 5.92 Å². The van der Waals surface area contributed by atoms with Crippen LogP contribution in [0.1, 0.15) is 40.5 Å². The molecule has 1 heterocycles. The molecule has 1 aliphatic rings. The highest BCUT2D eigenvalue weighted by Gasteiger charge is 2.32. The topological polar surface area (TPSA) is 49.4 Å². The van der Waals surface area contributed by atoms with Gasteiger partial charge < -0.3 is 10.2 Å². The van der Waals surface area contributed by atoms with Crippen molar-refractivity contribution < 1.29 is 9.59 Å². The second kappa shape index (κ2) is 5.32. The Bertz CT molecular complexity index is 276. The summed E-state index contributed by atoms with van der Waals surface area (Å²) in [4.78, 5) is 25.2. The first-order valence-corrected chi connectivity index (χ1v) is 6.01. The SMILES string of the molecule is CC(=O)NC(C(=O)N1CCCC1C)C(C)C. The Balaban J connectivity index is 2.70. The lowest BCUT2D eigenvalue weighted by atomic mass is 10.0. The standard InChI is InChI=1S/C12H22N2O2/c1-8(2)11(13-10(4)15)12(16)14-7-5-6-9(14)3/h8-9,11H,5-7H2,1-4H3,(H,13,15). The third-order valence-electron chi connectivity index (χ3n) is 3.13. The van der Waals surface area contributed by atoms with Crippen molar-refractivity contribution >= 4 is 11.8 Å². The zero-order valence-electron chi connectivity index (χ0n) is 10.6. The molecule has 2 unspecified atom stereocenters. The first kappa shape index (κ1) is 13.0. The average Bonchev–Trinajstić information content (AvgIpc) is 2.59. The van der Waals surface area contributed by atoms with Gasteiger partial charge >= 0.3 is 0 Å². The van der Waals surface area contributed by atoms with E-state index in [0.29, 0.717) is 6.04 Å². The summed E-state index contributed by atoms with van der Waals surface area (Å²) in [6.07, 6.45) is 2.13. The number of carbonyl (C=O) groups excluding carboxylic acids is 2. The van der Waals surface area contributed by atoms with Crippen molar-refractivity contribution in [2.45, 2.75) is 52.6 Å². The van der Waals surface area contributed by atoms with Crippen LogP contribution in [-0.2, 0) is 9.59 Å². The van der Waals surface area contributed by atoms with E-state index in [9.17, 15) is 9.59 Å². The van der Waals surface area contributed by atoms with Gasteiger partial charge in [0.15, 0.2) is 0 Å². The van der Waals surface area contributed by atoms with Gasteiger partial charge in [0.25, 0.3) is 0 Å². The molecule has 1 rings (SSSR count). The second-order valence-electron chi connectivity index (χ2n) is 4.95. The molecule has 0 aromatic carbocycles. The Hall–Kier alpha value is -1.06. The fraction of sp³-hybridized carbons (Fsp3) is 0.833. The highest BCUT2D eigenvalue weighted by atomic mass is 16.2. The highest BCUT2D eigenvalue weighted by molar-refractivity contribution is 5.87. The zero-order valence-corrected chi connectivity index (χ0v) is 10.6. The summed E-state index contributed by atoms with van der Waals surface area (Å²) in [6, 6.07) is -0.0689. The highest BCUT2D eigenvalue weighted by Crippen LogP contribution is 2.19. The molecule has 4 nitrogen and oxygen atoms in total. The lowest BCUT2D eigenvalue weighted by molar-refractivity contribution is -0.137. The summed E-state index contributed by atoms with van der Waals surface area (Å²) in [6.45, 7) is 8.26. The van der Waals surface area contributed by atoms with E-state index in [1.807, 2.05) is 18.7 Å². The van der Waals surface area contributed by atoms with Gasteiger partial charge in [-0.15, -0.1) is 0 Å². The van der Waals surface area contributed by atoms with E-state index in [4.69, 9.17) is 0 Å². The van der Waals surface area contributed by atoms with Gasteiger partial charge in [-0.1, -0.05) is 13.8 Å². The first-order valence-electron chi connectivity index (χ1n) is 6.01. The van der Waals surface area contributed by atoms with Crippen LogP contribution in [0.25, 0.3) is 0 Å². The van der Waals surface area contributed by atoms with Crippen LogP contribution in [0.5, 0.6) is 0 Å². The molecule has 0 aromatic rings. The molecule has 2 atom stereocenters. The molecular formula is C12H22N2O2. The molecule has 0 saturated carbocycles. The maximum Gasteiger partial charge on any atom is 0.245 e. The predicted octanol–water partition coefficient (Wildman–Crippen LogP) is 1.16. The van der Waals surface area contributed by atoms with E-state index in [1.54, 1.807) is 0 Å². The Morgan fingerprint density at radius 1 is 1.38 bits per heavy atom. The third kappa shape index (κ3) is 2.97. The molecule has 16 heavy (non-hydrogen) atoms. The van der Waals surface area contributed by atoms with Crippen molar-refractivity contribution in [1.82, 2.24) is 10.2 Å². The van der Waals surface area contributed by atoms with Crippen molar-refractivity contribution in [3.05, 3.63) is 0 Å². The Labute approximate surface area is 97.4 Å². The van der Waals surface area contributed by atoms with Crippen LogP contribution in [0.2, 0.25) is 0 Å². The fourth-order valence-corrected chi connectivity index (χ4v) is 2.17. The predicted molar refractivity (Wildman–Crippen MR) is 62.9 cm³/mol. The van der Waals surface area contributed by atoms with E-state index >= 15 is 0 Å². The van der Waals surface area contributed by atoms with Crippen molar-refractivity contribution in [2.75, 3.05) is 6.54 Å². The van der Waals surface area contributed by atoms with Crippen LogP contribution in [0.15, 0.2) is 0 Å². The summed E-state index contributed by atoms with van der Waals surface area (Å²) in [5.74, 6) is 0.0540. The molecule has 1 aliphatic heterocycles. The Kier molecular flexibility index (Phi) is 4.33. The molecule has 0 radical (unpaired) electrons. The van der Waals surface area contributed by atoms with Crippen molar-refractivity contribution in [3.63, 3.8) is 0 Å². The van der Waals surface area contributed by atoms with E-state index in [-0.39, 0.29) is 23.8 Å². The maximum atomic E-state index is 12.2. The number of amides is 2. The molecule has 0 bridgehead atoms. The average molecular weight is 226 g/mol. The summed E-state index contributed by atoms with van der Waals surface area (Å²) >= 11 is 0. The van der Waals surface area contributed by atoms with Crippen LogP contribution in [-0.4, -0.2) is 35.3 Å². The number of likely N-dealkylation sites (tertiary alicyclic amines) is 1. The monoisotopic (exact) mass is 226 g/mol. The Morgan fingerprint density at radius 2 is 2.00 bits per heavy atom. The number of carbonyl (C=O) groups is 2. The van der Waals surface area contributed by atoms with E-state index in [0.717, 1.165) is 19.4 Å². The summed E-state index contributed by atoms with van der Waals surface area (Å²) in [5.41, 5.74) is 0. The minimum atomic E-state index is -0.377. The third-order valence-corrected chi connectivity index (χ3v) is 3.13. The van der Waals surface area contributed by atoms with E-state index in [2.05, 4.69) is 12.2 Å². The van der Waals surface area contributed by atoms with Gasteiger partial charge in [-0.2, -0.15) is 0 Å². The molecule has 0 spiro atoms. The summed E-state index contributed by atoms with van der Waals surface area (Å²) in [5, 5.41) is 2.75. The van der Waals surface area contributed by atoms with Gasteiger partial charge in [0, 0.05) is 19.5 Å². The number of rotatable bonds is 3. The number of nitrogens with zero attached hydrogens (tertiary/aromatic N) is 1. The van der Waals surface area contributed by atoms with Gasteiger partial charge in [0.05, 0.1) is 0 Å². The lowest BCUT2D eigenvalue weighted by Gasteiger charge is -2.29. The minimum Gasteiger partial charge on any atom is -0.344 e. The van der Waals surface area contributed by atoms with Crippen LogP contribution in [0, 0.1) is 5.92 Å². The molecule has 1 fully saturated rings. The van der Waals surface area contributed by atoms with Crippen molar-refractivity contribution in [3.8, 4) is 0 Å². The van der Waals surface area contributed by atoms with Crippen LogP contribution >= 0.6 is 0 Å². The van der Waals surface area contributed by atoms with Crippen LogP contribution in [0.3, 0.4) is 0 Å². The normalized spacial score (nSPS) is 22.3. The van der Waals surface area contributed by atoms with Crippen molar-refractivity contribution in [1.29, 1.82) is 0 Å². The first-order chi connectivity index (χ1) is 7.43. The van der Waals surface area contributed by atoms with E-state index < -0.39 is 0 Å². The molecule has 0 aliphatic carbocycles. The number of nitrogens with one attached hydrogen (secondary N) is 1. The van der Waals surface area contributed by atoms with Gasteiger partial charge in [-0.25, -0.2) is 0 Å². The zero-order chi connectivity index (χ0) is 12.3. The fourth-order valence-electron chi connectivity index (χ4n) is 2.17. The van der Waals surface area contributed by atoms with Gasteiger partial charge in [0.2, 0.25) is 11.8 Å². The van der Waals surface area contributed by atoms with Crippen LogP contribution < -0.4 is 5.32 Å². The van der Waals surface area contributed by atoms with Gasteiger partial charge in [0.1, 0.15) is 6.04 Å². The molecule has 92 valence electrons. The van der Waals surface area contributed by atoms with Gasteiger partial charge in [-0.05, 0) is 25.7 Å². The molecule has 2 amide bonds. The molecule has 1 saturated heterocycles. The van der Waals surface area contributed by atoms with Crippen LogP contribution in [0.4, 0.5) is 0 Å². The molecule has 0 aromatic heterocycles. The largest absolute Gasteiger partial charge is 0.344 e. The minimum absolute atomic E-state index is 0.0650. The maximum absolute atomic E-state index is 12.2. The molecule has 1 N–H and O–H groups in total. The molecule has 4 heteroatoms. The lowest BCUT2D eigenvalue weighted by Crippen LogP contribution is -2.51. The summed E-state index contributed by atoms with van der Waals surface area (Å²) in [7, 11) is 0. The molecular weight excluding hydrogens is 204 g/mol. The van der Waals surface area contributed by atoms with E-state index in [1.165, 1.54) is 6.92 Å². The number of hydrogen-bond donors (Lipinski definition) is 1. The number of hydrogen-bond acceptors (Lipinski definition) is 2.